The molecule has 1 aromatic carbocycles. The molecule has 0 aliphatic carbocycles. The van der Waals surface area contributed by atoms with Gasteiger partial charge in [0.05, 0.1) is 17.0 Å². The highest BCUT2D eigenvalue weighted by Crippen LogP contribution is 2.29. The molecule has 2 atom stereocenters. The Balaban J connectivity index is 1.75. The first-order valence-electron chi connectivity index (χ1n) is 11.1. The Bertz CT molecular complexity index is 986. The summed E-state index contributed by atoms with van der Waals surface area (Å²) in [5.41, 5.74) is -1.31. The van der Waals surface area contributed by atoms with Crippen molar-refractivity contribution in [3.8, 4) is 0 Å². The van der Waals surface area contributed by atoms with Crippen molar-refractivity contribution >= 4 is 29.8 Å². The van der Waals surface area contributed by atoms with Gasteiger partial charge in [0.25, 0.3) is 11.8 Å². The molecule has 0 aromatic heterocycles. The molecule has 0 unspecified atom stereocenters. The molecule has 0 N–H and O–H groups in total. The quantitative estimate of drug-likeness (QED) is 0.484. The van der Waals surface area contributed by atoms with Gasteiger partial charge in [0.2, 0.25) is 0 Å². The van der Waals surface area contributed by atoms with E-state index >= 15 is 0 Å². The monoisotopic (exact) mass is 474 g/mol. The van der Waals surface area contributed by atoms with Crippen LogP contribution in [-0.4, -0.2) is 63.6 Å². The van der Waals surface area contributed by atoms with Crippen LogP contribution in [0.15, 0.2) is 24.3 Å². The fourth-order valence-electron chi connectivity index (χ4n) is 3.72. The van der Waals surface area contributed by atoms with Gasteiger partial charge in [-0.05, 0) is 66.5 Å². The van der Waals surface area contributed by atoms with Crippen molar-refractivity contribution in [1.82, 2.24) is 9.96 Å². The molecule has 0 spiro atoms. The number of ether oxygens (including phenoxy) is 2. The van der Waals surface area contributed by atoms with Crippen LogP contribution >= 0.6 is 0 Å². The molecular formula is C24H30N2O8. The Morgan fingerprint density at radius 2 is 1.35 bits per heavy atom. The number of hydroxylamine groups is 2. The van der Waals surface area contributed by atoms with Crippen LogP contribution in [0.2, 0.25) is 0 Å². The van der Waals surface area contributed by atoms with Crippen LogP contribution in [0.5, 0.6) is 0 Å². The first-order chi connectivity index (χ1) is 15.7. The zero-order valence-corrected chi connectivity index (χ0v) is 20.2. The van der Waals surface area contributed by atoms with Gasteiger partial charge < -0.3 is 14.3 Å². The van der Waals surface area contributed by atoms with Gasteiger partial charge in [-0.2, -0.15) is 0 Å². The number of esters is 1. The number of hydrogen-bond donors (Lipinski definition) is 0. The van der Waals surface area contributed by atoms with Crippen LogP contribution in [-0.2, 0) is 23.9 Å². The van der Waals surface area contributed by atoms with Crippen molar-refractivity contribution in [3.05, 3.63) is 35.4 Å². The largest absolute Gasteiger partial charge is 0.458 e. The molecule has 2 aliphatic heterocycles. The van der Waals surface area contributed by atoms with Gasteiger partial charge in [0.15, 0.2) is 0 Å². The Labute approximate surface area is 198 Å². The van der Waals surface area contributed by atoms with Gasteiger partial charge >= 0.3 is 18.0 Å². The summed E-state index contributed by atoms with van der Waals surface area (Å²) in [6.45, 7) is 10.0. The second kappa shape index (κ2) is 9.08. The molecule has 3 rings (SSSR count). The molecule has 1 saturated heterocycles. The number of rotatable bonds is 3. The van der Waals surface area contributed by atoms with E-state index in [0.29, 0.717) is 5.06 Å². The number of fused-ring (bicyclic) bond motifs is 1. The Morgan fingerprint density at radius 1 is 0.824 bits per heavy atom. The highest BCUT2D eigenvalue weighted by molar-refractivity contribution is 6.20. The molecule has 0 saturated carbocycles. The summed E-state index contributed by atoms with van der Waals surface area (Å²) in [7, 11) is 0. The van der Waals surface area contributed by atoms with Gasteiger partial charge in [0.1, 0.15) is 17.2 Å². The summed E-state index contributed by atoms with van der Waals surface area (Å²) < 4.78 is 10.9. The van der Waals surface area contributed by atoms with Crippen LogP contribution in [0, 0.1) is 5.92 Å². The van der Waals surface area contributed by atoms with Crippen molar-refractivity contribution in [3.63, 3.8) is 0 Å². The average Bonchev–Trinajstić information content (AvgIpc) is 2.96. The third-order valence-corrected chi connectivity index (χ3v) is 5.16. The number of likely N-dealkylation sites (tertiary alicyclic amines) is 1. The van der Waals surface area contributed by atoms with E-state index in [1.165, 1.54) is 12.1 Å². The normalized spacial score (nSPS) is 20.6. The summed E-state index contributed by atoms with van der Waals surface area (Å²) in [5, 5.41) is 0.435. The van der Waals surface area contributed by atoms with Crippen molar-refractivity contribution in [2.75, 3.05) is 6.54 Å². The second-order valence-corrected chi connectivity index (χ2v) is 10.3. The maximum absolute atomic E-state index is 12.9. The first-order valence-corrected chi connectivity index (χ1v) is 11.1. The summed E-state index contributed by atoms with van der Waals surface area (Å²) >= 11 is 0. The molecule has 184 valence electrons. The Morgan fingerprint density at radius 3 is 1.85 bits per heavy atom. The summed E-state index contributed by atoms with van der Waals surface area (Å²) in [6.07, 6.45) is -0.470. The molecule has 34 heavy (non-hydrogen) atoms. The van der Waals surface area contributed by atoms with Gasteiger partial charge in [-0.3, -0.25) is 14.5 Å². The van der Waals surface area contributed by atoms with Crippen molar-refractivity contribution in [2.24, 2.45) is 5.92 Å². The molecule has 0 radical (unpaired) electrons. The van der Waals surface area contributed by atoms with Crippen LogP contribution < -0.4 is 0 Å². The fourth-order valence-corrected chi connectivity index (χ4v) is 3.72. The number of carbonyl (C=O) groups excluding carboxylic acids is 5. The third kappa shape index (κ3) is 5.55. The van der Waals surface area contributed by atoms with Crippen LogP contribution in [0.4, 0.5) is 4.79 Å². The lowest BCUT2D eigenvalue weighted by atomic mass is 9.93. The summed E-state index contributed by atoms with van der Waals surface area (Å²) in [4.78, 5) is 69.9. The van der Waals surface area contributed by atoms with E-state index in [4.69, 9.17) is 14.3 Å². The maximum Gasteiger partial charge on any atom is 0.411 e. The van der Waals surface area contributed by atoms with Crippen LogP contribution in [0.1, 0.15) is 75.1 Å². The second-order valence-electron chi connectivity index (χ2n) is 10.3. The maximum atomic E-state index is 12.9. The highest BCUT2D eigenvalue weighted by Gasteiger charge is 2.45. The number of amides is 3. The van der Waals surface area contributed by atoms with Gasteiger partial charge in [0, 0.05) is 6.54 Å². The number of benzene rings is 1. The van der Waals surface area contributed by atoms with Crippen LogP contribution in [0.25, 0.3) is 0 Å². The zero-order valence-electron chi connectivity index (χ0n) is 20.2. The molecule has 3 amide bonds. The fraction of sp³-hybridized carbons (Fsp3) is 0.542. The number of piperidine rings is 1. The molecule has 2 aliphatic rings. The summed E-state index contributed by atoms with van der Waals surface area (Å²) in [5.74, 6) is -3.81. The van der Waals surface area contributed by atoms with E-state index in [1.54, 1.807) is 53.7 Å². The van der Waals surface area contributed by atoms with E-state index in [2.05, 4.69) is 0 Å². The van der Waals surface area contributed by atoms with Gasteiger partial charge in [-0.1, -0.05) is 17.2 Å². The Kier molecular flexibility index (Phi) is 6.73. The van der Waals surface area contributed by atoms with Crippen molar-refractivity contribution in [2.45, 2.75) is 71.6 Å². The Hall–Kier alpha value is -3.43. The lowest BCUT2D eigenvalue weighted by molar-refractivity contribution is -0.178. The molecule has 1 aromatic rings. The highest BCUT2D eigenvalue weighted by atomic mass is 16.7. The van der Waals surface area contributed by atoms with E-state index in [-0.39, 0.29) is 30.5 Å². The lowest BCUT2D eigenvalue weighted by Crippen LogP contribution is -2.55. The molecule has 1 fully saturated rings. The smallest absolute Gasteiger partial charge is 0.411 e. The van der Waals surface area contributed by atoms with E-state index in [9.17, 15) is 24.0 Å². The molecule has 0 bridgehead atoms. The molecule has 10 heteroatoms. The molecular weight excluding hydrogens is 444 g/mol. The van der Waals surface area contributed by atoms with Crippen LogP contribution in [0.3, 0.4) is 0 Å². The van der Waals surface area contributed by atoms with Gasteiger partial charge in [-0.15, -0.1) is 0 Å². The first kappa shape index (κ1) is 25.2. The third-order valence-electron chi connectivity index (χ3n) is 5.16. The predicted molar refractivity (Wildman–Crippen MR) is 118 cm³/mol. The van der Waals surface area contributed by atoms with Gasteiger partial charge in [-0.25, -0.2) is 14.4 Å². The number of hydrogen-bond acceptors (Lipinski definition) is 8. The summed E-state index contributed by atoms with van der Waals surface area (Å²) in [6, 6.07) is 5.20. The minimum Gasteiger partial charge on any atom is -0.458 e. The number of carbonyl (C=O) groups is 5. The average molecular weight is 475 g/mol. The number of imide groups is 1. The predicted octanol–water partition coefficient (Wildman–Crippen LogP) is 3.10. The standard InChI is InChI=1S/C24H30N2O8/c1-23(2,3)32-21(30)17-12-11-14(13-25(17)22(31)33-24(4,5)6)20(29)34-26-18(27)15-9-7-8-10-16(15)19(26)28/h7-10,14,17H,11-13H2,1-6H3/t14-,17-/m0/s1. The van der Waals surface area contributed by atoms with E-state index < -0.39 is 53.0 Å². The molecule has 10 nitrogen and oxygen atoms in total. The SMILES string of the molecule is CC(C)(C)OC(=O)[C@@H]1CC[C@H](C(=O)ON2C(=O)c3ccccc3C2=O)CN1C(=O)OC(C)(C)C. The topological polar surface area (TPSA) is 120 Å². The molecule has 2 heterocycles. The van der Waals surface area contributed by atoms with Crippen molar-refractivity contribution in [1.29, 1.82) is 0 Å². The van der Waals surface area contributed by atoms with Crippen molar-refractivity contribution < 1.29 is 38.3 Å². The zero-order chi connectivity index (χ0) is 25.4. The van der Waals surface area contributed by atoms with E-state index in [0.717, 1.165) is 4.90 Å². The number of nitrogens with zero attached hydrogens (tertiary/aromatic N) is 2. The minimum atomic E-state index is -0.947. The minimum absolute atomic E-state index is 0.121. The lowest BCUT2D eigenvalue weighted by Gasteiger charge is -2.39. The van der Waals surface area contributed by atoms with E-state index in [1.807, 2.05) is 0 Å².